The van der Waals surface area contributed by atoms with Crippen molar-refractivity contribution in [1.82, 2.24) is 0 Å². The van der Waals surface area contributed by atoms with Gasteiger partial charge in [-0.15, -0.1) is 0 Å². The Morgan fingerprint density at radius 3 is 0.400 bits per heavy atom. The molecule has 0 saturated heterocycles. The van der Waals surface area contributed by atoms with E-state index in [2.05, 4.69) is 0 Å². The third kappa shape index (κ3) is 19.5. The molecule has 0 unspecified atom stereocenters. The van der Waals surface area contributed by atoms with Crippen molar-refractivity contribution >= 4 is 0 Å². The van der Waals surface area contributed by atoms with E-state index < -0.39 is 0 Å². The van der Waals surface area contributed by atoms with Crippen molar-refractivity contribution in [3.05, 3.63) is 0 Å². The Balaban J connectivity index is 0. The van der Waals surface area contributed by atoms with E-state index in [-0.39, 0.29) is 101 Å². The molecule has 0 atom stereocenters. The van der Waals surface area contributed by atoms with Crippen LogP contribution in [0.2, 0.25) is 0 Å². The van der Waals surface area contributed by atoms with E-state index in [0.29, 0.717) is 0 Å². The van der Waals surface area contributed by atoms with Crippen molar-refractivity contribution in [3.8, 4) is 0 Å². The fraction of sp³-hybridized carbons (Fsp3) is 0. The summed E-state index contributed by atoms with van der Waals surface area (Å²) < 4.78 is 0. The average Bonchev–Trinajstić information content (AvgIpc) is 0. The Hall–Kier alpha value is 2.99. The maximum absolute atomic E-state index is 0. The first-order chi connectivity index (χ1) is 0. The molecule has 10 valence electrons. The van der Waals surface area contributed by atoms with Gasteiger partial charge in [0.2, 0.25) is 0 Å². The monoisotopic (exact) mass is 40.1 g/mol. The van der Waals surface area contributed by atoms with E-state index in [1.54, 1.807) is 0 Å². The topological polar surface area (TPSA) is 0 Å². The van der Waals surface area contributed by atoms with Crippen LogP contribution in [0.1, 0.15) is 7.13 Å². The summed E-state index contributed by atoms with van der Waals surface area (Å²) in [6.07, 6.45) is 0. The van der Waals surface area contributed by atoms with Crippen LogP contribution in [-0.4, -0.2) is 0 Å². The van der Waals surface area contributed by atoms with E-state index in [4.69, 9.17) is 0 Å². The molecule has 0 rings (SSSR count). The zero-order valence-electron chi connectivity index (χ0n) is 10.0. The third-order valence-electron chi connectivity index (χ3n) is 0. The second-order valence-electron chi connectivity index (χ2n) is 0. The average molecular weight is 39.7 g/mol. The zero-order chi connectivity index (χ0) is 0. The Bertz CT molecular complexity index is 10.0. The Kier molecular flexibility index (Phi) is 245. The quantitative estimate of drug-likeness (QED) is 0.235. The summed E-state index contributed by atoms with van der Waals surface area (Å²) in [4.78, 5) is 0. The maximum atomic E-state index is 0. The minimum absolute atomic E-state index is 0. The van der Waals surface area contributed by atoms with Gasteiger partial charge in [0.25, 0.3) is 0 Å². The Morgan fingerprint density at radius 1 is 0.400 bits per heavy atom. The van der Waals surface area contributed by atoms with E-state index >= 15 is 0 Å². The zero-order valence-corrected chi connectivity index (χ0v) is 5.00. The van der Waals surface area contributed by atoms with Gasteiger partial charge < -0.3 is 7.13 Å². The molecule has 0 amide bonds. The van der Waals surface area contributed by atoms with Gasteiger partial charge in [0.1, 0.15) is 0 Å². The summed E-state index contributed by atoms with van der Waals surface area (Å²) in [5.74, 6) is 0. The van der Waals surface area contributed by atoms with Crippen LogP contribution in [-0.2, 0) is 0 Å². The van der Waals surface area contributed by atoms with Gasteiger partial charge in [0.05, 0.1) is 0 Å². The standard InChI is InChI=1S/5Li.5H/q5*+1;5*-1. The first-order valence-electron chi connectivity index (χ1n) is 0. The molecular formula is H5Li5. The molecule has 0 N–H and O–H groups in total. The predicted molar refractivity (Wildman–Crippen MR) is 5.56 cm³/mol. The van der Waals surface area contributed by atoms with Crippen molar-refractivity contribution in [2.24, 2.45) is 0 Å². The molecule has 5 heavy (non-hydrogen) atoms. The van der Waals surface area contributed by atoms with Crippen LogP contribution < -0.4 is 94.3 Å². The molecule has 0 aromatic rings. The van der Waals surface area contributed by atoms with E-state index in [0.717, 1.165) is 0 Å². The number of hydrogen-bond donors (Lipinski definition) is 0. The third-order valence-corrected chi connectivity index (χ3v) is 0. The van der Waals surface area contributed by atoms with Crippen molar-refractivity contribution in [2.45, 2.75) is 0 Å². The molecule has 0 aliphatic heterocycles. The van der Waals surface area contributed by atoms with Crippen LogP contribution in [0.5, 0.6) is 0 Å². The molecule has 0 aromatic carbocycles. The Morgan fingerprint density at radius 2 is 0.400 bits per heavy atom. The number of hydrogen-bond acceptors (Lipinski definition) is 0. The van der Waals surface area contributed by atoms with Crippen molar-refractivity contribution < 1.29 is 101 Å². The van der Waals surface area contributed by atoms with Crippen LogP contribution in [0, 0.1) is 0 Å². The van der Waals surface area contributed by atoms with Gasteiger partial charge >= 0.3 is 94.3 Å². The predicted octanol–water partition coefficient (Wildman–Crippen LogP) is -14.4. The molecule has 0 heterocycles. The second-order valence-corrected chi connectivity index (χ2v) is 0. The molecule has 0 fully saturated rings. The molecule has 0 nitrogen and oxygen atoms in total. The minimum atomic E-state index is 0. The van der Waals surface area contributed by atoms with Crippen LogP contribution >= 0.6 is 0 Å². The Labute approximate surface area is 100 Å². The second kappa shape index (κ2) is 28.1. The normalized spacial score (nSPS) is 0. The van der Waals surface area contributed by atoms with Gasteiger partial charge in [-0.1, -0.05) is 0 Å². The summed E-state index contributed by atoms with van der Waals surface area (Å²) >= 11 is 0. The molecule has 0 saturated carbocycles. The van der Waals surface area contributed by atoms with Gasteiger partial charge in [-0.25, -0.2) is 0 Å². The molecule has 0 bridgehead atoms. The minimum Gasteiger partial charge on any atom is -1.00 e. The fourth-order valence-electron chi connectivity index (χ4n) is 0. The van der Waals surface area contributed by atoms with Gasteiger partial charge in [-0.2, -0.15) is 0 Å². The number of rotatable bonds is 0. The van der Waals surface area contributed by atoms with E-state index in [1.807, 2.05) is 0 Å². The summed E-state index contributed by atoms with van der Waals surface area (Å²) in [6, 6.07) is 0. The van der Waals surface area contributed by atoms with Crippen LogP contribution in [0.25, 0.3) is 0 Å². The largest absolute Gasteiger partial charge is 1.00 e. The summed E-state index contributed by atoms with van der Waals surface area (Å²) in [7, 11) is 0. The summed E-state index contributed by atoms with van der Waals surface area (Å²) in [5, 5.41) is 0. The van der Waals surface area contributed by atoms with Gasteiger partial charge in [0, 0.05) is 0 Å². The summed E-state index contributed by atoms with van der Waals surface area (Å²) in [5.41, 5.74) is 0. The van der Waals surface area contributed by atoms with Gasteiger partial charge in [-0.3, -0.25) is 0 Å². The molecule has 0 aliphatic carbocycles. The van der Waals surface area contributed by atoms with Crippen molar-refractivity contribution in [3.63, 3.8) is 0 Å². The SMILES string of the molecule is [H-].[H-].[H-].[H-].[H-].[Li+].[Li+].[Li+].[Li+].[Li+]. The molecule has 0 aliphatic rings. The van der Waals surface area contributed by atoms with Crippen molar-refractivity contribution in [2.75, 3.05) is 0 Å². The van der Waals surface area contributed by atoms with Crippen LogP contribution in [0.15, 0.2) is 0 Å². The molecule has 0 aromatic heterocycles. The first-order valence-corrected chi connectivity index (χ1v) is 0. The van der Waals surface area contributed by atoms with Crippen LogP contribution in [0.4, 0.5) is 0 Å². The van der Waals surface area contributed by atoms with Gasteiger partial charge in [0.15, 0.2) is 0 Å². The molecule has 0 radical (unpaired) electrons. The molecular weight excluding hydrogens is 34.7 g/mol. The summed E-state index contributed by atoms with van der Waals surface area (Å²) in [6.45, 7) is 0. The van der Waals surface area contributed by atoms with Crippen LogP contribution in [0.3, 0.4) is 0 Å². The maximum Gasteiger partial charge on any atom is 1.00 e. The molecule has 5 heteroatoms. The molecule has 0 spiro atoms. The first kappa shape index (κ1) is 43.7. The van der Waals surface area contributed by atoms with E-state index in [1.165, 1.54) is 0 Å². The van der Waals surface area contributed by atoms with Crippen molar-refractivity contribution in [1.29, 1.82) is 0 Å². The van der Waals surface area contributed by atoms with E-state index in [9.17, 15) is 0 Å². The van der Waals surface area contributed by atoms with Gasteiger partial charge in [-0.05, 0) is 0 Å². The fourth-order valence-corrected chi connectivity index (χ4v) is 0. The smallest absolute Gasteiger partial charge is 1.00 e.